The summed E-state index contributed by atoms with van der Waals surface area (Å²) in [5, 5.41) is 12.5. The van der Waals surface area contributed by atoms with Gasteiger partial charge in [0.2, 0.25) is 5.91 Å². The van der Waals surface area contributed by atoms with Crippen LogP contribution in [0.2, 0.25) is 0 Å². The van der Waals surface area contributed by atoms with Crippen LogP contribution in [0.15, 0.2) is 0 Å². The molecule has 0 saturated carbocycles. The first kappa shape index (κ1) is 13.7. The van der Waals surface area contributed by atoms with E-state index >= 15 is 0 Å². The largest absolute Gasteiger partial charge is 0.480 e. The molecule has 2 fully saturated rings. The normalized spacial score (nSPS) is 29.0. The average molecular weight is 272 g/mol. The number of hydrogen-bond donors (Lipinski definition) is 2. The number of nitrogens with zero attached hydrogens (tertiary/aromatic N) is 1. The highest BCUT2D eigenvalue weighted by atomic mass is 32.2. The predicted molar refractivity (Wildman–Crippen MR) is 70.7 cm³/mol. The van der Waals surface area contributed by atoms with Gasteiger partial charge < -0.3 is 15.3 Å². The molecule has 2 rings (SSSR count). The Morgan fingerprint density at radius 2 is 2.22 bits per heavy atom. The zero-order chi connectivity index (χ0) is 13.0. The van der Waals surface area contributed by atoms with Crippen LogP contribution in [0.3, 0.4) is 0 Å². The molecule has 2 saturated heterocycles. The van der Waals surface area contributed by atoms with Crippen molar-refractivity contribution in [1.29, 1.82) is 0 Å². The Bertz CT molecular complexity index is 318. The van der Waals surface area contributed by atoms with Crippen molar-refractivity contribution in [1.82, 2.24) is 10.2 Å². The smallest absolute Gasteiger partial charge is 0.326 e. The number of carbonyl (C=O) groups is 2. The van der Waals surface area contributed by atoms with E-state index in [1.165, 1.54) is 0 Å². The first-order valence-corrected chi connectivity index (χ1v) is 7.67. The highest BCUT2D eigenvalue weighted by molar-refractivity contribution is 7.99. The lowest BCUT2D eigenvalue weighted by Gasteiger charge is -2.34. The fourth-order valence-corrected chi connectivity index (χ4v) is 3.51. The molecule has 0 aromatic carbocycles. The molecule has 6 heteroatoms. The summed E-state index contributed by atoms with van der Waals surface area (Å²) in [5.74, 6) is 1.15. The van der Waals surface area contributed by atoms with Gasteiger partial charge in [-0.1, -0.05) is 0 Å². The van der Waals surface area contributed by atoms with E-state index in [2.05, 4.69) is 5.32 Å². The lowest BCUT2D eigenvalue weighted by Crippen LogP contribution is -2.50. The number of amides is 1. The molecule has 0 aromatic heterocycles. The lowest BCUT2D eigenvalue weighted by atomic mass is 10.0. The number of carbonyl (C=O) groups excluding carboxylic acids is 1. The predicted octanol–water partition coefficient (Wildman–Crippen LogP) is 0.547. The summed E-state index contributed by atoms with van der Waals surface area (Å²) >= 11 is 1.85. The Balaban J connectivity index is 1.91. The van der Waals surface area contributed by atoms with E-state index in [0.29, 0.717) is 19.4 Å². The Kier molecular flexibility index (Phi) is 4.88. The van der Waals surface area contributed by atoms with Crippen molar-refractivity contribution >= 4 is 23.6 Å². The van der Waals surface area contributed by atoms with Gasteiger partial charge in [-0.05, 0) is 19.3 Å². The van der Waals surface area contributed by atoms with E-state index in [-0.39, 0.29) is 11.9 Å². The van der Waals surface area contributed by atoms with Gasteiger partial charge in [0, 0.05) is 37.1 Å². The van der Waals surface area contributed by atoms with Crippen LogP contribution < -0.4 is 5.32 Å². The molecule has 2 aliphatic heterocycles. The minimum atomic E-state index is -0.867. The lowest BCUT2D eigenvalue weighted by molar-refractivity contribution is -0.152. The number of piperidine rings is 1. The molecular formula is C12H20N2O3S. The van der Waals surface area contributed by atoms with Crippen LogP contribution >= 0.6 is 11.8 Å². The summed E-state index contributed by atoms with van der Waals surface area (Å²) in [5.41, 5.74) is 0. The van der Waals surface area contributed by atoms with Gasteiger partial charge in [0.1, 0.15) is 6.04 Å². The molecule has 0 radical (unpaired) electrons. The van der Waals surface area contributed by atoms with Gasteiger partial charge in [-0.3, -0.25) is 4.79 Å². The van der Waals surface area contributed by atoms with Crippen LogP contribution in [0.4, 0.5) is 0 Å². The van der Waals surface area contributed by atoms with Gasteiger partial charge in [-0.2, -0.15) is 11.8 Å². The first-order chi connectivity index (χ1) is 8.68. The van der Waals surface area contributed by atoms with E-state index in [0.717, 1.165) is 30.9 Å². The van der Waals surface area contributed by atoms with Crippen molar-refractivity contribution in [3.8, 4) is 0 Å². The maximum atomic E-state index is 12.2. The molecule has 0 bridgehead atoms. The molecule has 0 spiro atoms. The first-order valence-electron chi connectivity index (χ1n) is 6.52. The molecular weight excluding hydrogens is 252 g/mol. The van der Waals surface area contributed by atoms with Crippen molar-refractivity contribution in [3.05, 3.63) is 0 Å². The zero-order valence-corrected chi connectivity index (χ0v) is 11.2. The highest BCUT2D eigenvalue weighted by Crippen LogP contribution is 2.20. The molecule has 2 aliphatic rings. The summed E-state index contributed by atoms with van der Waals surface area (Å²) in [4.78, 5) is 24.9. The molecule has 18 heavy (non-hydrogen) atoms. The molecule has 2 unspecified atom stereocenters. The second-order valence-corrected chi connectivity index (χ2v) is 6.02. The second-order valence-electron chi connectivity index (χ2n) is 4.87. The molecule has 0 aliphatic carbocycles. The molecule has 2 atom stereocenters. The highest BCUT2D eigenvalue weighted by Gasteiger charge is 2.32. The molecule has 0 aromatic rings. The number of carboxylic acid groups (broad SMARTS) is 1. The van der Waals surface area contributed by atoms with Crippen LogP contribution in [0.1, 0.15) is 25.7 Å². The number of carboxylic acids is 1. The number of hydrogen-bond acceptors (Lipinski definition) is 4. The number of aliphatic carboxylic acids is 1. The zero-order valence-electron chi connectivity index (χ0n) is 10.4. The van der Waals surface area contributed by atoms with Crippen molar-refractivity contribution in [3.63, 3.8) is 0 Å². The number of nitrogens with one attached hydrogen (secondary N) is 1. The molecule has 1 amide bonds. The van der Waals surface area contributed by atoms with Gasteiger partial charge in [-0.25, -0.2) is 4.79 Å². The van der Waals surface area contributed by atoms with Crippen molar-refractivity contribution in [2.45, 2.75) is 37.8 Å². The summed E-state index contributed by atoms with van der Waals surface area (Å²) in [6.45, 7) is 1.53. The van der Waals surface area contributed by atoms with E-state index in [1.807, 2.05) is 11.8 Å². The second kappa shape index (κ2) is 6.43. The van der Waals surface area contributed by atoms with Gasteiger partial charge in [-0.15, -0.1) is 0 Å². The molecule has 102 valence electrons. The molecule has 2 N–H and O–H groups in total. The number of likely N-dealkylation sites (tertiary alicyclic amines) is 1. The van der Waals surface area contributed by atoms with E-state index in [9.17, 15) is 9.59 Å². The van der Waals surface area contributed by atoms with E-state index in [4.69, 9.17) is 5.11 Å². The van der Waals surface area contributed by atoms with Gasteiger partial charge in [0.05, 0.1) is 0 Å². The fraction of sp³-hybridized carbons (Fsp3) is 0.833. The van der Waals surface area contributed by atoms with Crippen LogP contribution in [-0.4, -0.2) is 58.6 Å². The summed E-state index contributed by atoms with van der Waals surface area (Å²) < 4.78 is 0. The quantitative estimate of drug-likeness (QED) is 0.785. The number of rotatable bonds is 3. The van der Waals surface area contributed by atoms with Crippen molar-refractivity contribution in [2.75, 3.05) is 24.6 Å². The third kappa shape index (κ3) is 3.38. The van der Waals surface area contributed by atoms with Crippen LogP contribution in [0.25, 0.3) is 0 Å². The summed E-state index contributed by atoms with van der Waals surface area (Å²) in [6.07, 6.45) is 2.84. The fourth-order valence-electron chi connectivity index (χ4n) is 2.57. The maximum absolute atomic E-state index is 12.2. The van der Waals surface area contributed by atoms with E-state index in [1.54, 1.807) is 4.90 Å². The minimum absolute atomic E-state index is 0.0119. The molecule has 5 nitrogen and oxygen atoms in total. The topological polar surface area (TPSA) is 69.6 Å². The Hall–Kier alpha value is -0.750. The third-order valence-corrected chi connectivity index (χ3v) is 4.66. The summed E-state index contributed by atoms with van der Waals surface area (Å²) in [7, 11) is 0. The number of thioether (sulfide) groups is 1. The van der Waals surface area contributed by atoms with E-state index < -0.39 is 12.0 Å². The van der Waals surface area contributed by atoms with Gasteiger partial charge in [0.25, 0.3) is 0 Å². The Morgan fingerprint density at radius 3 is 2.89 bits per heavy atom. The average Bonchev–Trinajstić information content (AvgIpc) is 2.40. The maximum Gasteiger partial charge on any atom is 0.326 e. The standard InChI is InChI=1S/C12H20N2O3S/c15-11(7-9-8-18-6-4-13-9)14-5-2-1-3-10(14)12(16)17/h9-10,13H,1-8H2,(H,16,17). The minimum Gasteiger partial charge on any atom is -0.480 e. The van der Waals surface area contributed by atoms with Gasteiger partial charge >= 0.3 is 5.97 Å². The molecule has 2 heterocycles. The third-order valence-electron chi connectivity index (χ3n) is 3.53. The van der Waals surface area contributed by atoms with Crippen LogP contribution in [0, 0.1) is 0 Å². The van der Waals surface area contributed by atoms with Crippen molar-refractivity contribution < 1.29 is 14.7 Å². The SMILES string of the molecule is O=C(O)C1CCCCN1C(=O)CC1CSCCN1. The van der Waals surface area contributed by atoms with Crippen LogP contribution in [-0.2, 0) is 9.59 Å². The monoisotopic (exact) mass is 272 g/mol. The van der Waals surface area contributed by atoms with Crippen molar-refractivity contribution in [2.24, 2.45) is 0 Å². The van der Waals surface area contributed by atoms with Crippen LogP contribution in [0.5, 0.6) is 0 Å². The van der Waals surface area contributed by atoms with Gasteiger partial charge in [0.15, 0.2) is 0 Å². The summed E-state index contributed by atoms with van der Waals surface area (Å²) in [6, 6.07) is -0.407. The Labute approximate surface area is 111 Å². The Morgan fingerprint density at radius 1 is 1.39 bits per heavy atom.